The van der Waals surface area contributed by atoms with Crippen molar-refractivity contribution in [2.45, 2.75) is 21.9 Å². The Kier molecular flexibility index (Phi) is 7.10. The molecule has 0 radical (unpaired) electrons. The molecule has 0 amide bonds. The summed E-state index contributed by atoms with van der Waals surface area (Å²) in [7, 11) is -10.2. The van der Waals surface area contributed by atoms with Gasteiger partial charge in [-0.3, -0.25) is 14.5 Å². The number of hydrogen-bond donors (Lipinski definition) is 5. The van der Waals surface area contributed by atoms with Crippen LogP contribution in [0, 0.1) is 11.3 Å². The number of hydrogen-bond acceptors (Lipinski definition) is 10. The first-order chi connectivity index (χ1) is 14.1. The first kappa shape index (κ1) is 25.1. The van der Waals surface area contributed by atoms with Crippen LogP contribution in [0.5, 0.6) is 0 Å². The van der Waals surface area contributed by atoms with E-state index >= 15 is 0 Å². The largest absolute Gasteiger partial charge is 0.368 e. The van der Waals surface area contributed by atoms with Crippen molar-refractivity contribution in [2.75, 3.05) is 0 Å². The normalized spacial score (nSPS) is 31.8. The molecular weight excluding hydrogens is 501 g/mol. The molecule has 0 aromatic rings. The fourth-order valence-corrected chi connectivity index (χ4v) is 4.02. The zero-order valence-corrected chi connectivity index (χ0v) is 18.0. The molecule has 13 nitrogen and oxygen atoms in total. The number of hydrazone groups is 1. The van der Waals surface area contributed by atoms with E-state index in [2.05, 4.69) is 20.8 Å². The minimum absolute atomic E-state index is 0.0341. The molecule has 0 aliphatic heterocycles. The first-order valence-corrected chi connectivity index (χ1v) is 11.4. The summed E-state index contributed by atoms with van der Waals surface area (Å²) in [5, 5.41) is 39.7. The van der Waals surface area contributed by atoms with Crippen molar-refractivity contribution in [3.63, 3.8) is 0 Å². The summed E-state index contributed by atoms with van der Waals surface area (Å²) in [6, 6.07) is -2.01. The van der Waals surface area contributed by atoms with Crippen LogP contribution in [0.15, 0.2) is 61.9 Å². The van der Waals surface area contributed by atoms with Crippen LogP contribution in [0.25, 0.3) is 0 Å². The highest BCUT2D eigenvalue weighted by atomic mass is 35.5. The Morgan fingerprint density at radius 1 is 1.03 bits per heavy atom. The van der Waals surface area contributed by atoms with Crippen LogP contribution in [0.2, 0.25) is 0 Å². The number of halogens is 2. The summed E-state index contributed by atoms with van der Waals surface area (Å²) in [6.45, 7) is 0. The molecule has 2 aliphatic rings. The van der Waals surface area contributed by atoms with Crippen molar-refractivity contribution in [1.29, 1.82) is 5.26 Å². The molecule has 4 unspecified atom stereocenters. The highest BCUT2D eigenvalue weighted by Crippen LogP contribution is 2.30. The van der Waals surface area contributed by atoms with Gasteiger partial charge in [0.05, 0.1) is 0 Å². The fourth-order valence-electron chi connectivity index (χ4n) is 2.31. The van der Waals surface area contributed by atoms with Crippen molar-refractivity contribution in [3.05, 3.63) is 46.5 Å². The molecule has 17 heteroatoms. The van der Waals surface area contributed by atoms with E-state index in [0.29, 0.717) is 12.2 Å². The van der Waals surface area contributed by atoms with Gasteiger partial charge in [0.25, 0.3) is 5.84 Å². The van der Waals surface area contributed by atoms with Crippen LogP contribution in [-0.2, 0) is 20.2 Å². The van der Waals surface area contributed by atoms with Crippen LogP contribution < -0.4 is 5.43 Å². The van der Waals surface area contributed by atoms with Crippen LogP contribution in [-0.4, -0.2) is 63.9 Å². The second kappa shape index (κ2) is 8.76. The van der Waals surface area contributed by atoms with Gasteiger partial charge < -0.3 is 10.2 Å². The molecule has 5 N–H and O–H groups in total. The molecule has 0 saturated carbocycles. The zero-order chi connectivity index (χ0) is 23.7. The van der Waals surface area contributed by atoms with E-state index < -0.39 is 48.0 Å². The maximum Gasteiger partial charge on any atom is 0.301 e. The Morgan fingerprint density at radius 3 is 2.06 bits per heavy atom. The molecule has 2 rings (SSSR count). The van der Waals surface area contributed by atoms with Gasteiger partial charge in [-0.2, -0.15) is 27.2 Å². The third-order valence-corrected chi connectivity index (χ3v) is 6.91. The number of allylic oxidation sites excluding steroid dienone is 4. The smallest absolute Gasteiger partial charge is 0.301 e. The quantitative estimate of drug-likeness (QED) is 0.110. The average molecular weight is 514 g/mol. The van der Waals surface area contributed by atoms with Crippen LogP contribution in [0.1, 0.15) is 0 Å². The van der Waals surface area contributed by atoms with Gasteiger partial charge >= 0.3 is 20.2 Å². The lowest BCUT2D eigenvalue weighted by Gasteiger charge is -2.30. The molecule has 2 aliphatic carbocycles. The van der Waals surface area contributed by atoms with Gasteiger partial charge in [-0.05, 0) is 36.5 Å². The first-order valence-electron chi connectivity index (χ1n) is 7.80. The molecule has 0 fully saturated rings. The lowest BCUT2D eigenvalue weighted by molar-refractivity contribution is 0.132. The van der Waals surface area contributed by atoms with Gasteiger partial charge in [0, 0.05) is 10.1 Å². The SMILES string of the molecule is N#CC(N=NC1C=C(Cl)C=CC1(O)S(=O)(=O)O)=NNC1C=C(Cl)C=CC1(O)S(=O)(=O)O. The molecule has 4 atom stereocenters. The monoisotopic (exact) mass is 513 g/mol. The van der Waals surface area contributed by atoms with E-state index in [1.807, 2.05) is 0 Å². The fraction of sp³-hybridized carbons (Fsp3) is 0.286. The minimum Gasteiger partial charge on any atom is -0.368 e. The Hall–Kier alpha value is -2.16. The van der Waals surface area contributed by atoms with Gasteiger partial charge in [-0.15, -0.1) is 10.2 Å². The summed E-state index contributed by atoms with van der Waals surface area (Å²) in [6.07, 6.45) is 5.22. The van der Waals surface area contributed by atoms with Gasteiger partial charge in [0.1, 0.15) is 18.2 Å². The van der Waals surface area contributed by atoms with Crippen molar-refractivity contribution in [3.8, 4) is 6.07 Å². The molecule has 168 valence electrons. The molecule has 0 spiro atoms. The molecule has 0 bridgehead atoms. The highest BCUT2D eigenvalue weighted by Gasteiger charge is 2.48. The molecule has 0 saturated heterocycles. The average Bonchev–Trinajstić information content (AvgIpc) is 2.65. The summed E-state index contributed by atoms with van der Waals surface area (Å²) in [5.74, 6) is -0.825. The number of nitrogens with one attached hydrogen (secondary N) is 1. The van der Waals surface area contributed by atoms with Gasteiger partial charge in [-0.25, -0.2) is 0 Å². The van der Waals surface area contributed by atoms with Gasteiger partial charge in [0.15, 0.2) is 0 Å². The topological polar surface area (TPSA) is 222 Å². The van der Waals surface area contributed by atoms with E-state index in [1.54, 1.807) is 0 Å². The Balaban J connectivity index is 2.34. The Morgan fingerprint density at radius 2 is 1.55 bits per heavy atom. The lowest BCUT2D eigenvalue weighted by atomic mass is 10.1. The van der Waals surface area contributed by atoms with E-state index in [-0.39, 0.29) is 10.1 Å². The predicted molar refractivity (Wildman–Crippen MR) is 108 cm³/mol. The number of nitrogens with zero attached hydrogens (tertiary/aromatic N) is 4. The van der Waals surface area contributed by atoms with E-state index in [1.165, 1.54) is 6.07 Å². The maximum absolute atomic E-state index is 11.5. The molecule has 0 heterocycles. The second-order valence-corrected chi connectivity index (χ2v) is 10.1. The molecule has 31 heavy (non-hydrogen) atoms. The third-order valence-electron chi connectivity index (χ3n) is 3.99. The van der Waals surface area contributed by atoms with Crippen LogP contribution in [0.3, 0.4) is 0 Å². The van der Waals surface area contributed by atoms with Gasteiger partial charge in [-0.1, -0.05) is 23.2 Å². The number of azo groups is 1. The van der Waals surface area contributed by atoms with Crippen molar-refractivity contribution >= 4 is 49.3 Å². The second-order valence-electron chi connectivity index (χ2n) is 6.04. The molecule has 0 aromatic carbocycles. The number of aliphatic hydroxyl groups is 2. The maximum atomic E-state index is 11.5. The predicted octanol–water partition coefficient (Wildman–Crippen LogP) is 0.140. The lowest BCUT2D eigenvalue weighted by Crippen LogP contribution is -2.53. The number of rotatable bonds is 5. The van der Waals surface area contributed by atoms with E-state index in [0.717, 1.165) is 24.3 Å². The summed E-state index contributed by atoms with van der Waals surface area (Å²) in [5.41, 5.74) is 2.07. The molecule has 0 aromatic heterocycles. The van der Waals surface area contributed by atoms with E-state index in [4.69, 9.17) is 28.5 Å². The molecular formula is C14H13Cl2N5O8S2. The zero-order valence-electron chi connectivity index (χ0n) is 14.9. The minimum atomic E-state index is -5.10. The van der Waals surface area contributed by atoms with Crippen molar-refractivity contribution in [1.82, 2.24) is 5.43 Å². The summed E-state index contributed by atoms with van der Waals surface area (Å²) >= 11 is 11.5. The van der Waals surface area contributed by atoms with Crippen molar-refractivity contribution < 1.29 is 36.2 Å². The summed E-state index contributed by atoms with van der Waals surface area (Å²) < 4.78 is 64.6. The standard InChI is InChI=1S/C14H13Cl2N5O8S2/c15-8-1-3-13(22,30(24,25)26)10(5-8)18-20-12(7-17)21-19-11-6-9(16)2-4-14(11,23)31(27,28)29/h1-6,10-11,18,22-23H,(H,24,25,26)(H,27,28,29). The third kappa shape index (κ3) is 5.19. The van der Waals surface area contributed by atoms with Crippen LogP contribution >= 0.6 is 23.2 Å². The Bertz CT molecular complexity index is 1200. The van der Waals surface area contributed by atoms with E-state index in [9.17, 15) is 36.2 Å². The number of nitriles is 1. The highest BCUT2D eigenvalue weighted by molar-refractivity contribution is 7.87. The van der Waals surface area contributed by atoms with Crippen molar-refractivity contribution in [2.24, 2.45) is 15.3 Å². The number of amidine groups is 1. The summed E-state index contributed by atoms with van der Waals surface area (Å²) in [4.78, 5) is -5.82. The Labute approximate surface area is 185 Å². The van der Waals surface area contributed by atoms with Gasteiger partial charge in [0.2, 0.25) is 9.87 Å². The van der Waals surface area contributed by atoms with Crippen LogP contribution in [0.4, 0.5) is 0 Å².